The Kier molecular flexibility index (Phi) is 10.5. The van der Waals surface area contributed by atoms with E-state index in [0.29, 0.717) is 27.9 Å². The first kappa shape index (κ1) is 30.1. The first-order valence-electron chi connectivity index (χ1n) is 11.1. The zero-order chi connectivity index (χ0) is 27.9. The molecule has 0 spiro atoms. The van der Waals surface area contributed by atoms with Crippen LogP contribution in [0.15, 0.2) is 36.4 Å². The number of amides is 2. The first-order chi connectivity index (χ1) is 17.3. The van der Waals surface area contributed by atoms with Gasteiger partial charge in [0.25, 0.3) is 5.69 Å². The Hall–Kier alpha value is -3.09. The molecule has 14 heteroatoms. The predicted octanol–water partition coefficient (Wildman–Crippen LogP) is 3.62. The third-order valence-electron chi connectivity index (χ3n) is 5.37. The summed E-state index contributed by atoms with van der Waals surface area (Å²) in [5.41, 5.74) is -0.0290. The number of nitrogens with one attached hydrogen (secondary N) is 1. The van der Waals surface area contributed by atoms with Crippen molar-refractivity contribution in [2.75, 3.05) is 30.8 Å². The van der Waals surface area contributed by atoms with Gasteiger partial charge in [0.15, 0.2) is 0 Å². The minimum Gasteiger partial charge on any atom is -0.495 e. The number of anilines is 1. The lowest BCUT2D eigenvalue weighted by Gasteiger charge is -2.31. The van der Waals surface area contributed by atoms with Crippen molar-refractivity contribution < 1.29 is 27.7 Å². The highest BCUT2D eigenvalue weighted by molar-refractivity contribution is 7.92. The van der Waals surface area contributed by atoms with Gasteiger partial charge in [0.1, 0.15) is 24.0 Å². The molecule has 2 amide bonds. The molecule has 0 fully saturated rings. The summed E-state index contributed by atoms with van der Waals surface area (Å²) in [6, 6.07) is 7.13. The number of hydrogen-bond donors (Lipinski definition) is 1. The number of non-ortho nitro benzene ring substituents is 1. The molecule has 202 valence electrons. The Morgan fingerprint density at radius 3 is 2.38 bits per heavy atom. The number of hydrogen-bond acceptors (Lipinski definition) is 7. The van der Waals surface area contributed by atoms with E-state index in [0.717, 1.165) is 18.4 Å². The monoisotopic (exact) mass is 574 g/mol. The van der Waals surface area contributed by atoms with Gasteiger partial charge >= 0.3 is 0 Å². The molecular weight excluding hydrogens is 547 g/mol. The van der Waals surface area contributed by atoms with Gasteiger partial charge in [-0.05, 0) is 37.1 Å². The highest BCUT2D eigenvalue weighted by Gasteiger charge is 2.32. The van der Waals surface area contributed by atoms with Gasteiger partial charge in [0.05, 0.1) is 28.3 Å². The lowest BCUT2D eigenvalue weighted by Crippen LogP contribution is -2.51. The zero-order valence-electron chi connectivity index (χ0n) is 20.7. The van der Waals surface area contributed by atoms with Crippen LogP contribution >= 0.6 is 23.2 Å². The fourth-order valence-corrected chi connectivity index (χ4v) is 4.56. The van der Waals surface area contributed by atoms with Crippen LogP contribution in [0, 0.1) is 10.1 Å². The number of sulfonamides is 1. The molecule has 0 radical (unpaired) electrons. The van der Waals surface area contributed by atoms with E-state index in [4.69, 9.17) is 27.9 Å². The molecule has 2 aromatic rings. The zero-order valence-corrected chi connectivity index (χ0v) is 23.1. The van der Waals surface area contributed by atoms with Crippen molar-refractivity contribution in [2.24, 2.45) is 0 Å². The van der Waals surface area contributed by atoms with Gasteiger partial charge in [-0.25, -0.2) is 8.42 Å². The minimum atomic E-state index is -4.12. The summed E-state index contributed by atoms with van der Waals surface area (Å²) in [6.07, 6.45) is 1.53. The number of carbonyl (C=O) groups excluding carboxylic acids is 2. The summed E-state index contributed by atoms with van der Waals surface area (Å²) < 4.78 is 31.4. The SMILES string of the molecule is CCCNC(=O)[C@H](C)N(Cc1ccc(Cl)c(Cl)c1)C(=O)CN(c1cc([N+](=O)[O-])ccc1OC)S(C)(=O)=O. The summed E-state index contributed by atoms with van der Waals surface area (Å²) >= 11 is 12.1. The first-order valence-corrected chi connectivity index (χ1v) is 13.7. The number of halogens is 2. The van der Waals surface area contributed by atoms with Crippen LogP contribution in [0.1, 0.15) is 25.8 Å². The Morgan fingerprint density at radius 2 is 1.84 bits per heavy atom. The van der Waals surface area contributed by atoms with Crippen molar-refractivity contribution in [1.82, 2.24) is 10.2 Å². The van der Waals surface area contributed by atoms with Gasteiger partial charge in [-0.2, -0.15) is 0 Å². The van der Waals surface area contributed by atoms with Gasteiger partial charge in [0, 0.05) is 25.2 Å². The van der Waals surface area contributed by atoms with Gasteiger partial charge in [-0.3, -0.25) is 24.0 Å². The van der Waals surface area contributed by atoms with Gasteiger partial charge in [-0.15, -0.1) is 0 Å². The van der Waals surface area contributed by atoms with E-state index in [2.05, 4.69) is 5.32 Å². The third kappa shape index (κ3) is 7.94. The normalized spacial score (nSPS) is 11.9. The van der Waals surface area contributed by atoms with Crippen molar-refractivity contribution in [1.29, 1.82) is 0 Å². The van der Waals surface area contributed by atoms with Crippen molar-refractivity contribution in [3.63, 3.8) is 0 Å². The molecule has 2 rings (SSSR count). The van der Waals surface area contributed by atoms with Crippen LogP contribution in [-0.4, -0.2) is 62.6 Å². The number of nitro groups is 1. The number of benzene rings is 2. The molecule has 0 aromatic heterocycles. The van der Waals surface area contributed by atoms with Crippen LogP contribution in [0.4, 0.5) is 11.4 Å². The van der Waals surface area contributed by atoms with Gasteiger partial charge < -0.3 is 15.0 Å². The predicted molar refractivity (Wildman–Crippen MR) is 142 cm³/mol. The van der Waals surface area contributed by atoms with Crippen molar-refractivity contribution in [3.8, 4) is 5.75 Å². The molecule has 0 heterocycles. The summed E-state index contributed by atoms with van der Waals surface area (Å²) in [4.78, 5) is 38.2. The quantitative estimate of drug-likeness (QED) is 0.301. The average molecular weight is 575 g/mol. The average Bonchev–Trinajstić information content (AvgIpc) is 2.84. The van der Waals surface area contributed by atoms with E-state index in [-0.39, 0.29) is 23.0 Å². The van der Waals surface area contributed by atoms with Crippen LogP contribution in [0.3, 0.4) is 0 Å². The molecule has 11 nitrogen and oxygen atoms in total. The summed E-state index contributed by atoms with van der Waals surface area (Å²) in [5, 5.41) is 14.6. The lowest BCUT2D eigenvalue weighted by atomic mass is 10.1. The Morgan fingerprint density at radius 1 is 1.16 bits per heavy atom. The van der Waals surface area contributed by atoms with Crippen LogP contribution in [0.25, 0.3) is 0 Å². The highest BCUT2D eigenvalue weighted by Crippen LogP contribution is 2.34. The maximum absolute atomic E-state index is 13.6. The molecule has 0 aliphatic heterocycles. The second-order valence-corrected chi connectivity index (χ2v) is 10.8. The third-order valence-corrected chi connectivity index (χ3v) is 7.24. The summed E-state index contributed by atoms with van der Waals surface area (Å²) in [5.74, 6) is -1.16. The number of rotatable bonds is 12. The Balaban J connectivity index is 2.52. The molecule has 0 aliphatic rings. The number of ether oxygens (including phenoxy) is 1. The molecule has 1 N–H and O–H groups in total. The van der Waals surface area contributed by atoms with Crippen molar-refractivity contribution >= 4 is 56.4 Å². The maximum Gasteiger partial charge on any atom is 0.271 e. The second kappa shape index (κ2) is 12.9. The Bertz CT molecular complexity index is 1270. The summed E-state index contributed by atoms with van der Waals surface area (Å²) in [6.45, 7) is 2.95. The topological polar surface area (TPSA) is 139 Å². The van der Waals surface area contributed by atoms with E-state index in [9.17, 15) is 28.1 Å². The van der Waals surface area contributed by atoms with Crippen LogP contribution < -0.4 is 14.4 Å². The van der Waals surface area contributed by atoms with E-state index < -0.39 is 45.0 Å². The smallest absolute Gasteiger partial charge is 0.271 e. The highest BCUT2D eigenvalue weighted by atomic mass is 35.5. The fourth-order valence-electron chi connectivity index (χ4n) is 3.39. The largest absolute Gasteiger partial charge is 0.495 e. The molecule has 1 atom stereocenters. The second-order valence-electron chi connectivity index (χ2n) is 8.12. The number of carbonyl (C=O) groups is 2. The molecule has 0 saturated heterocycles. The van der Waals surface area contributed by atoms with Crippen LogP contribution in [0.2, 0.25) is 10.0 Å². The summed E-state index contributed by atoms with van der Waals surface area (Å²) in [7, 11) is -2.86. The number of methoxy groups -OCH3 is 1. The number of nitrogens with zero attached hydrogens (tertiary/aromatic N) is 3. The molecular formula is C23H28Cl2N4O7S. The van der Waals surface area contributed by atoms with Crippen molar-refractivity contribution in [3.05, 3.63) is 62.1 Å². The lowest BCUT2D eigenvalue weighted by molar-refractivity contribution is -0.384. The number of nitro benzene ring substituents is 1. The minimum absolute atomic E-state index is 0.00796. The molecule has 0 saturated carbocycles. The molecule has 2 aromatic carbocycles. The van der Waals surface area contributed by atoms with E-state index in [1.54, 1.807) is 18.2 Å². The molecule has 0 aliphatic carbocycles. The maximum atomic E-state index is 13.6. The van der Waals surface area contributed by atoms with E-state index in [1.165, 1.54) is 25.0 Å². The van der Waals surface area contributed by atoms with Crippen LogP contribution in [-0.2, 0) is 26.2 Å². The van der Waals surface area contributed by atoms with E-state index >= 15 is 0 Å². The molecule has 0 unspecified atom stereocenters. The van der Waals surface area contributed by atoms with Gasteiger partial charge in [-0.1, -0.05) is 36.2 Å². The fraction of sp³-hybridized carbons (Fsp3) is 0.391. The van der Waals surface area contributed by atoms with Gasteiger partial charge in [0.2, 0.25) is 21.8 Å². The van der Waals surface area contributed by atoms with Crippen LogP contribution in [0.5, 0.6) is 5.75 Å². The van der Waals surface area contributed by atoms with E-state index in [1.807, 2.05) is 6.92 Å². The standard InChI is InChI=1S/C23H28Cl2N4O7S/c1-5-10-26-23(31)15(2)27(13-16-6-8-18(24)19(25)11-16)22(30)14-28(37(4,34)35)20-12-17(29(32)33)7-9-21(20)36-3/h6-9,11-12,15H,5,10,13-14H2,1-4H3,(H,26,31)/t15-/m0/s1. The Labute approximate surface area is 225 Å². The molecule has 0 bridgehead atoms. The van der Waals surface area contributed by atoms with Crippen molar-refractivity contribution in [2.45, 2.75) is 32.9 Å². The molecule has 37 heavy (non-hydrogen) atoms.